The predicted octanol–water partition coefficient (Wildman–Crippen LogP) is 8.93. The van der Waals surface area contributed by atoms with Crippen LogP contribution in [0.5, 0.6) is 0 Å². The Hall–Kier alpha value is -0.259. The van der Waals surface area contributed by atoms with E-state index in [2.05, 4.69) is 78.0 Å². The number of methoxy groups -OCH3 is 1. The summed E-state index contributed by atoms with van der Waals surface area (Å²) in [4.78, 5) is 11.5. The van der Waals surface area contributed by atoms with Crippen LogP contribution < -0.4 is 0 Å². The number of rotatable bonds is 19. The molecular formula is C30H62O5Si3. The molecule has 0 bridgehead atoms. The Balaban J connectivity index is 3.11. The highest BCUT2D eigenvalue weighted by atomic mass is 28.4. The summed E-state index contributed by atoms with van der Waals surface area (Å²) in [5.41, 5.74) is 0. The molecule has 224 valence electrons. The third-order valence-electron chi connectivity index (χ3n) is 6.92. The van der Waals surface area contributed by atoms with Gasteiger partial charge in [-0.2, -0.15) is 0 Å². The first-order chi connectivity index (χ1) is 17.5. The fourth-order valence-corrected chi connectivity index (χ4v) is 8.95. The maximum absolute atomic E-state index is 11.5. The van der Waals surface area contributed by atoms with Crippen LogP contribution in [0.4, 0.5) is 0 Å². The molecule has 1 aliphatic rings. The van der Waals surface area contributed by atoms with E-state index in [0.717, 1.165) is 44.9 Å². The molecule has 0 radical (unpaired) electrons. The van der Waals surface area contributed by atoms with E-state index in [-0.39, 0.29) is 24.3 Å². The lowest BCUT2D eigenvalue weighted by molar-refractivity contribution is -0.140. The second kappa shape index (κ2) is 16.9. The second-order valence-corrected chi connectivity index (χ2v) is 27.6. The average Bonchev–Trinajstić information content (AvgIpc) is 3.05. The van der Waals surface area contributed by atoms with Crippen molar-refractivity contribution in [1.29, 1.82) is 0 Å². The van der Waals surface area contributed by atoms with E-state index < -0.39 is 25.0 Å². The van der Waals surface area contributed by atoms with Crippen molar-refractivity contribution in [3.63, 3.8) is 0 Å². The molecule has 5 atom stereocenters. The molecule has 0 spiro atoms. The van der Waals surface area contributed by atoms with Crippen molar-refractivity contribution < 1.29 is 22.8 Å². The zero-order valence-electron chi connectivity index (χ0n) is 26.9. The van der Waals surface area contributed by atoms with Crippen molar-refractivity contribution in [2.45, 2.75) is 155 Å². The largest absolute Gasteiger partial charge is 0.469 e. The molecule has 1 saturated carbocycles. The third-order valence-corrected chi connectivity index (χ3v) is 9.95. The Morgan fingerprint density at radius 1 is 0.816 bits per heavy atom. The Morgan fingerprint density at radius 3 is 1.97 bits per heavy atom. The maximum Gasteiger partial charge on any atom is 0.305 e. The molecule has 8 heteroatoms. The number of carbonyl (C=O) groups is 1. The van der Waals surface area contributed by atoms with E-state index in [0.29, 0.717) is 18.3 Å². The highest BCUT2D eigenvalue weighted by molar-refractivity contribution is 6.70. The van der Waals surface area contributed by atoms with Crippen LogP contribution in [0.3, 0.4) is 0 Å². The number of unbranched alkanes of at least 4 members (excludes halogenated alkanes) is 5. The van der Waals surface area contributed by atoms with Gasteiger partial charge in [0.25, 0.3) is 0 Å². The summed E-state index contributed by atoms with van der Waals surface area (Å²) in [7, 11) is -3.59. The van der Waals surface area contributed by atoms with Gasteiger partial charge in [0, 0.05) is 12.3 Å². The summed E-state index contributed by atoms with van der Waals surface area (Å²) in [5, 5.41) is 0. The molecule has 1 fully saturated rings. The molecule has 1 aliphatic carbocycles. The summed E-state index contributed by atoms with van der Waals surface area (Å²) in [5.74, 6) is 0.718. The minimum Gasteiger partial charge on any atom is -0.469 e. The number of carbonyl (C=O) groups excluding carboxylic acids is 1. The molecule has 0 aromatic heterocycles. The van der Waals surface area contributed by atoms with Crippen molar-refractivity contribution >= 4 is 30.9 Å². The Bertz CT molecular complexity index is 693. The fraction of sp³-hybridized carbons (Fsp3) is 0.900. The van der Waals surface area contributed by atoms with Gasteiger partial charge in [-0.1, -0.05) is 57.6 Å². The molecule has 0 N–H and O–H groups in total. The van der Waals surface area contributed by atoms with E-state index in [1.807, 2.05) is 0 Å². The van der Waals surface area contributed by atoms with Crippen LogP contribution in [0, 0.1) is 11.8 Å². The van der Waals surface area contributed by atoms with Crippen molar-refractivity contribution in [2.75, 3.05) is 7.11 Å². The number of hydrogen-bond donors (Lipinski definition) is 0. The molecule has 38 heavy (non-hydrogen) atoms. The predicted molar refractivity (Wildman–Crippen MR) is 169 cm³/mol. The molecule has 5 unspecified atom stereocenters. The zero-order valence-corrected chi connectivity index (χ0v) is 29.9. The summed E-state index contributed by atoms with van der Waals surface area (Å²) < 4.78 is 25.1. The molecule has 0 aliphatic heterocycles. The van der Waals surface area contributed by atoms with Crippen LogP contribution in [0.2, 0.25) is 58.9 Å². The first-order valence-corrected chi connectivity index (χ1v) is 25.6. The van der Waals surface area contributed by atoms with E-state index >= 15 is 0 Å². The van der Waals surface area contributed by atoms with Gasteiger partial charge in [0.15, 0.2) is 25.0 Å². The van der Waals surface area contributed by atoms with Gasteiger partial charge in [-0.3, -0.25) is 4.79 Å². The van der Waals surface area contributed by atoms with Crippen LogP contribution in [-0.2, 0) is 22.8 Å². The van der Waals surface area contributed by atoms with E-state index in [9.17, 15) is 4.79 Å². The first kappa shape index (κ1) is 35.8. The molecule has 0 amide bonds. The van der Waals surface area contributed by atoms with Crippen molar-refractivity contribution in [2.24, 2.45) is 11.8 Å². The van der Waals surface area contributed by atoms with Crippen molar-refractivity contribution in [3.05, 3.63) is 12.2 Å². The third kappa shape index (κ3) is 16.1. The Labute approximate surface area is 239 Å². The highest BCUT2D eigenvalue weighted by Gasteiger charge is 2.45. The van der Waals surface area contributed by atoms with Gasteiger partial charge in [0.1, 0.15) is 0 Å². The topological polar surface area (TPSA) is 54.0 Å². The van der Waals surface area contributed by atoms with Gasteiger partial charge < -0.3 is 18.0 Å². The summed E-state index contributed by atoms with van der Waals surface area (Å²) in [6.07, 6.45) is 17.3. The standard InChI is InChI=1S/C30H62O5Si3/c1-12-13-16-19-25(33-36(3,4)5)22-23-27-26(20-17-14-15-18-21-30(31)32-2)28(34-37(6,7)8)24-29(27)35-38(9,10)11/h22-23,25-29H,12-21,24H2,1-11H3. The van der Waals surface area contributed by atoms with Crippen LogP contribution in [-0.4, -0.2) is 56.3 Å². The lowest BCUT2D eigenvalue weighted by Crippen LogP contribution is -2.35. The molecule has 0 saturated heterocycles. The van der Waals surface area contributed by atoms with E-state index in [1.165, 1.54) is 26.4 Å². The zero-order chi connectivity index (χ0) is 29.0. The van der Waals surface area contributed by atoms with Gasteiger partial charge in [-0.05, 0) is 90.5 Å². The minimum atomic E-state index is -1.71. The van der Waals surface area contributed by atoms with Crippen LogP contribution in [0.25, 0.3) is 0 Å². The first-order valence-electron chi connectivity index (χ1n) is 15.3. The smallest absolute Gasteiger partial charge is 0.305 e. The summed E-state index contributed by atoms with van der Waals surface area (Å²) in [6, 6.07) is 0. The fourth-order valence-electron chi connectivity index (χ4n) is 5.50. The number of esters is 1. The maximum atomic E-state index is 11.5. The minimum absolute atomic E-state index is 0.102. The molecule has 1 rings (SSSR count). The van der Waals surface area contributed by atoms with Gasteiger partial charge in [0.05, 0.1) is 25.4 Å². The second-order valence-electron chi connectivity index (χ2n) is 14.2. The van der Waals surface area contributed by atoms with Crippen LogP contribution >= 0.6 is 0 Å². The van der Waals surface area contributed by atoms with E-state index in [4.69, 9.17) is 18.0 Å². The van der Waals surface area contributed by atoms with Crippen LogP contribution in [0.1, 0.15) is 77.6 Å². The SMILES string of the molecule is CCCCCC(C=CC1C(O[Si](C)(C)C)CC(O[Si](C)(C)C)C1CCCCCCC(=O)OC)O[Si](C)(C)C. The highest BCUT2D eigenvalue weighted by Crippen LogP contribution is 2.43. The number of ether oxygens (including phenoxy) is 1. The lowest BCUT2D eigenvalue weighted by atomic mass is 9.87. The summed E-state index contributed by atoms with van der Waals surface area (Å²) in [6.45, 7) is 23.0. The Morgan fingerprint density at radius 2 is 1.42 bits per heavy atom. The van der Waals surface area contributed by atoms with E-state index in [1.54, 1.807) is 0 Å². The van der Waals surface area contributed by atoms with Gasteiger partial charge >= 0.3 is 5.97 Å². The summed E-state index contributed by atoms with van der Waals surface area (Å²) >= 11 is 0. The normalized spacial score (nSPS) is 23.8. The van der Waals surface area contributed by atoms with Gasteiger partial charge in [-0.25, -0.2) is 0 Å². The van der Waals surface area contributed by atoms with Gasteiger partial charge in [-0.15, -0.1) is 0 Å². The van der Waals surface area contributed by atoms with Crippen molar-refractivity contribution in [1.82, 2.24) is 0 Å². The quantitative estimate of drug-likeness (QED) is 0.0654. The average molecular weight is 587 g/mol. The molecule has 0 aromatic rings. The number of hydrogen-bond acceptors (Lipinski definition) is 5. The monoisotopic (exact) mass is 586 g/mol. The molecule has 5 nitrogen and oxygen atoms in total. The molecule has 0 aromatic carbocycles. The van der Waals surface area contributed by atoms with Gasteiger partial charge in [0.2, 0.25) is 0 Å². The molecule has 0 heterocycles. The Kier molecular flexibility index (Phi) is 15.9. The van der Waals surface area contributed by atoms with Crippen LogP contribution in [0.15, 0.2) is 12.2 Å². The molecular weight excluding hydrogens is 525 g/mol. The van der Waals surface area contributed by atoms with Crippen molar-refractivity contribution in [3.8, 4) is 0 Å². The lowest BCUT2D eigenvalue weighted by Gasteiger charge is -2.31.